The standard InChI is InChI=1S/C28H31N5O3/c1-16-14-35-27-22(13-29-15-30-27)21-11-18(12-23-24(21)33(16)25(32-23)17-5-6-17)26(34)31-19-7-9-20(10-8-19)36-28(2,3)4/h7-13,15-17,27H,5-6,14H2,1-4H3,(H,29,30)(H,31,34). The van der Waals surface area contributed by atoms with Crippen molar-refractivity contribution in [1.29, 1.82) is 0 Å². The lowest BCUT2D eigenvalue weighted by atomic mass is 9.98. The second-order valence-electron chi connectivity index (χ2n) is 10.8. The number of nitrogens with one attached hydrogen (secondary N) is 2. The van der Waals surface area contributed by atoms with Gasteiger partial charge in [-0.15, -0.1) is 0 Å². The van der Waals surface area contributed by atoms with Crippen molar-refractivity contribution >= 4 is 34.5 Å². The number of benzene rings is 2. The minimum atomic E-state index is -0.418. The highest BCUT2D eigenvalue weighted by molar-refractivity contribution is 6.08. The molecule has 3 aliphatic rings. The molecule has 186 valence electrons. The summed E-state index contributed by atoms with van der Waals surface area (Å²) < 4.78 is 14.4. The summed E-state index contributed by atoms with van der Waals surface area (Å²) in [6.07, 6.45) is 5.43. The number of ether oxygens (including phenoxy) is 2. The highest BCUT2D eigenvalue weighted by Gasteiger charge is 2.35. The number of aliphatic imine (C=N–C) groups is 1. The lowest BCUT2D eigenvalue weighted by Gasteiger charge is -2.28. The van der Waals surface area contributed by atoms with E-state index in [1.165, 1.54) is 0 Å². The maximum absolute atomic E-state index is 13.4. The number of rotatable bonds is 4. The largest absolute Gasteiger partial charge is 0.488 e. The van der Waals surface area contributed by atoms with E-state index in [0.717, 1.165) is 46.6 Å². The van der Waals surface area contributed by atoms with Crippen LogP contribution < -0.4 is 15.4 Å². The van der Waals surface area contributed by atoms with Gasteiger partial charge in [-0.3, -0.25) is 4.79 Å². The van der Waals surface area contributed by atoms with Crippen molar-refractivity contribution in [1.82, 2.24) is 14.9 Å². The van der Waals surface area contributed by atoms with E-state index < -0.39 is 6.23 Å². The molecule has 2 unspecified atom stereocenters. The van der Waals surface area contributed by atoms with E-state index in [-0.39, 0.29) is 17.6 Å². The van der Waals surface area contributed by atoms with E-state index in [4.69, 9.17) is 14.5 Å². The van der Waals surface area contributed by atoms with Crippen LogP contribution in [0.5, 0.6) is 5.75 Å². The number of aromatic nitrogens is 2. The molecule has 0 radical (unpaired) electrons. The smallest absolute Gasteiger partial charge is 0.255 e. The van der Waals surface area contributed by atoms with E-state index in [1.54, 1.807) is 6.34 Å². The number of anilines is 1. The van der Waals surface area contributed by atoms with E-state index in [2.05, 4.69) is 27.1 Å². The molecule has 1 saturated carbocycles. The second kappa shape index (κ2) is 8.48. The lowest BCUT2D eigenvalue weighted by molar-refractivity contribution is 0.0727. The fraction of sp³-hybridized carbons (Fsp3) is 0.393. The molecule has 36 heavy (non-hydrogen) atoms. The molecule has 2 aromatic carbocycles. The van der Waals surface area contributed by atoms with Crippen molar-refractivity contribution in [3.63, 3.8) is 0 Å². The van der Waals surface area contributed by atoms with Crippen LogP contribution in [0, 0.1) is 0 Å². The van der Waals surface area contributed by atoms with Gasteiger partial charge in [0.2, 0.25) is 0 Å². The monoisotopic (exact) mass is 485 g/mol. The lowest BCUT2D eigenvalue weighted by Crippen LogP contribution is -2.27. The molecule has 3 aromatic rings. The van der Waals surface area contributed by atoms with E-state index in [9.17, 15) is 4.79 Å². The van der Waals surface area contributed by atoms with Crippen LogP contribution in [-0.2, 0) is 4.74 Å². The first kappa shape index (κ1) is 22.8. The molecule has 2 atom stereocenters. The van der Waals surface area contributed by atoms with Crippen LogP contribution in [0.1, 0.15) is 74.2 Å². The third-order valence-corrected chi connectivity index (χ3v) is 6.59. The molecule has 1 fully saturated rings. The predicted octanol–water partition coefficient (Wildman–Crippen LogP) is 5.23. The minimum Gasteiger partial charge on any atom is -0.488 e. The number of nitrogens with zero attached hydrogens (tertiary/aromatic N) is 3. The third kappa shape index (κ3) is 4.26. The molecular weight excluding hydrogens is 454 g/mol. The first-order valence-electron chi connectivity index (χ1n) is 12.5. The molecular formula is C28H31N5O3. The molecule has 1 amide bonds. The van der Waals surface area contributed by atoms with Gasteiger partial charge >= 0.3 is 0 Å². The van der Waals surface area contributed by atoms with Gasteiger partial charge in [-0.1, -0.05) is 0 Å². The number of imidazole rings is 1. The first-order chi connectivity index (χ1) is 17.3. The van der Waals surface area contributed by atoms with Crippen molar-refractivity contribution in [2.45, 2.75) is 64.3 Å². The molecule has 0 spiro atoms. The van der Waals surface area contributed by atoms with Gasteiger partial charge < -0.3 is 24.7 Å². The first-order valence-corrected chi connectivity index (χ1v) is 12.5. The topological polar surface area (TPSA) is 89.8 Å². The Morgan fingerprint density at radius 3 is 2.69 bits per heavy atom. The SMILES string of the molecule is CC1COC2N=CNC=C2c2cc(C(=O)Nc3ccc(OC(C)(C)C)cc3)cc3nc(C4CC4)n1c23. The Morgan fingerprint density at radius 1 is 1.19 bits per heavy atom. The zero-order chi connectivity index (χ0) is 25.0. The average Bonchev–Trinajstić information content (AvgIpc) is 3.61. The van der Waals surface area contributed by atoms with Crippen LogP contribution in [0.25, 0.3) is 16.6 Å². The summed E-state index contributed by atoms with van der Waals surface area (Å²) in [7, 11) is 0. The number of carbonyl (C=O) groups excluding carboxylic acids is 1. The Bertz CT molecular complexity index is 1390. The van der Waals surface area contributed by atoms with Gasteiger partial charge in [0.15, 0.2) is 6.23 Å². The summed E-state index contributed by atoms with van der Waals surface area (Å²) in [4.78, 5) is 22.9. The maximum Gasteiger partial charge on any atom is 0.255 e. The van der Waals surface area contributed by atoms with Gasteiger partial charge in [0.05, 0.1) is 30.0 Å². The van der Waals surface area contributed by atoms with Gasteiger partial charge in [-0.05, 0) is 76.9 Å². The zero-order valence-electron chi connectivity index (χ0n) is 21.0. The number of hydrogen-bond acceptors (Lipinski definition) is 6. The normalized spacial score (nSPS) is 21.2. The molecule has 8 nitrogen and oxygen atoms in total. The molecule has 2 N–H and O–H groups in total. The Hall–Kier alpha value is -3.65. The molecule has 1 aliphatic carbocycles. The predicted molar refractivity (Wildman–Crippen MR) is 141 cm³/mol. The summed E-state index contributed by atoms with van der Waals surface area (Å²) in [6, 6.07) is 11.4. The van der Waals surface area contributed by atoms with Gasteiger partial charge in [0.25, 0.3) is 5.91 Å². The Labute approximate surface area is 210 Å². The Kier molecular flexibility index (Phi) is 5.37. The molecule has 2 aliphatic heterocycles. The Morgan fingerprint density at radius 2 is 1.97 bits per heavy atom. The van der Waals surface area contributed by atoms with Crippen LogP contribution >= 0.6 is 0 Å². The summed E-state index contributed by atoms with van der Waals surface area (Å²) in [6.45, 7) is 8.71. The fourth-order valence-corrected chi connectivity index (χ4v) is 4.88. The highest BCUT2D eigenvalue weighted by atomic mass is 16.5. The van der Waals surface area contributed by atoms with E-state index >= 15 is 0 Å². The maximum atomic E-state index is 13.4. The summed E-state index contributed by atoms with van der Waals surface area (Å²) in [5.74, 6) is 2.11. The van der Waals surface area contributed by atoms with Crippen molar-refractivity contribution < 1.29 is 14.3 Å². The van der Waals surface area contributed by atoms with E-state index in [1.807, 2.05) is 63.4 Å². The fourth-order valence-electron chi connectivity index (χ4n) is 4.88. The van der Waals surface area contributed by atoms with Crippen molar-refractivity contribution in [2.24, 2.45) is 4.99 Å². The van der Waals surface area contributed by atoms with E-state index in [0.29, 0.717) is 23.8 Å². The number of carbonyl (C=O) groups is 1. The molecule has 8 heteroatoms. The summed E-state index contributed by atoms with van der Waals surface area (Å²) >= 11 is 0. The van der Waals surface area contributed by atoms with Crippen LogP contribution in [-0.4, -0.2) is 40.2 Å². The molecule has 0 saturated heterocycles. The average molecular weight is 486 g/mol. The molecule has 6 rings (SSSR count). The highest BCUT2D eigenvalue weighted by Crippen LogP contribution is 2.44. The number of fused-ring (bicyclic) bond motifs is 2. The van der Waals surface area contributed by atoms with Gasteiger partial charge in [-0.2, -0.15) is 0 Å². The summed E-state index contributed by atoms with van der Waals surface area (Å²) in [5.41, 5.74) is 4.66. The quantitative estimate of drug-likeness (QED) is 0.528. The molecule has 1 aromatic heterocycles. The zero-order valence-corrected chi connectivity index (χ0v) is 21.0. The van der Waals surface area contributed by atoms with Crippen molar-refractivity contribution in [2.75, 3.05) is 11.9 Å². The van der Waals surface area contributed by atoms with Gasteiger partial charge in [-0.25, -0.2) is 9.98 Å². The number of amides is 1. The van der Waals surface area contributed by atoms with Crippen LogP contribution in [0.3, 0.4) is 0 Å². The third-order valence-electron chi connectivity index (χ3n) is 6.59. The number of hydrogen-bond donors (Lipinski definition) is 2. The van der Waals surface area contributed by atoms with Crippen LogP contribution in [0.2, 0.25) is 0 Å². The minimum absolute atomic E-state index is 0.115. The second-order valence-corrected chi connectivity index (χ2v) is 10.8. The molecule has 0 bridgehead atoms. The van der Waals surface area contributed by atoms with Crippen LogP contribution in [0.4, 0.5) is 5.69 Å². The summed E-state index contributed by atoms with van der Waals surface area (Å²) in [5, 5.41) is 6.12. The van der Waals surface area contributed by atoms with Crippen molar-refractivity contribution in [3.8, 4) is 5.75 Å². The Balaban J connectivity index is 1.39. The van der Waals surface area contributed by atoms with Crippen LogP contribution in [0.15, 0.2) is 47.6 Å². The van der Waals surface area contributed by atoms with Gasteiger partial charge in [0.1, 0.15) is 17.2 Å². The molecule has 3 heterocycles. The van der Waals surface area contributed by atoms with Gasteiger partial charge in [0, 0.05) is 34.5 Å². The van der Waals surface area contributed by atoms with Crippen molar-refractivity contribution in [3.05, 3.63) is 59.5 Å².